The Bertz CT molecular complexity index is 803. The Labute approximate surface area is 144 Å². The van der Waals surface area contributed by atoms with Crippen molar-refractivity contribution in [3.63, 3.8) is 0 Å². The highest BCUT2D eigenvalue weighted by Gasteiger charge is 2.24. The fourth-order valence-corrected chi connectivity index (χ4v) is 4.16. The van der Waals surface area contributed by atoms with Crippen molar-refractivity contribution in [3.8, 4) is 0 Å². The monoisotopic (exact) mass is 344 g/mol. The summed E-state index contributed by atoms with van der Waals surface area (Å²) in [7, 11) is -1.93. The highest BCUT2D eigenvalue weighted by molar-refractivity contribution is 7.89. The highest BCUT2D eigenvalue weighted by Crippen LogP contribution is 2.32. The van der Waals surface area contributed by atoms with Crippen LogP contribution in [0.15, 0.2) is 53.4 Å². The lowest BCUT2D eigenvalue weighted by molar-refractivity contribution is 0.588. The summed E-state index contributed by atoms with van der Waals surface area (Å²) in [6, 6.07) is 16.1. The molecule has 2 aromatic carbocycles. The fraction of sp³-hybridized carbons (Fsp3) is 0.368. The second-order valence-corrected chi connectivity index (χ2v) is 8.10. The molecule has 1 atom stereocenters. The van der Waals surface area contributed by atoms with Gasteiger partial charge in [0.15, 0.2) is 0 Å². The van der Waals surface area contributed by atoms with Crippen molar-refractivity contribution in [3.05, 3.63) is 59.7 Å². The number of rotatable bonds is 6. The zero-order chi connectivity index (χ0) is 17.2. The molecule has 2 aromatic rings. The van der Waals surface area contributed by atoms with Gasteiger partial charge < -0.3 is 4.90 Å². The maximum atomic E-state index is 12.0. The number of hydrogen-bond donors (Lipinski definition) is 1. The summed E-state index contributed by atoms with van der Waals surface area (Å²) >= 11 is 0. The van der Waals surface area contributed by atoms with Gasteiger partial charge in [0, 0.05) is 24.7 Å². The predicted molar refractivity (Wildman–Crippen MR) is 98.1 cm³/mol. The molecule has 0 saturated heterocycles. The lowest BCUT2D eigenvalue weighted by Gasteiger charge is -2.26. The molecule has 1 aliphatic heterocycles. The van der Waals surface area contributed by atoms with Crippen LogP contribution in [-0.4, -0.2) is 28.6 Å². The van der Waals surface area contributed by atoms with E-state index < -0.39 is 10.0 Å². The molecule has 128 valence electrons. The average Bonchev–Trinajstić information content (AvgIpc) is 3.02. The highest BCUT2D eigenvalue weighted by atomic mass is 32.2. The summed E-state index contributed by atoms with van der Waals surface area (Å²) < 4.78 is 26.3. The molecule has 0 bridgehead atoms. The van der Waals surface area contributed by atoms with Crippen LogP contribution in [0.25, 0.3) is 0 Å². The Morgan fingerprint density at radius 1 is 1.17 bits per heavy atom. The van der Waals surface area contributed by atoms with E-state index in [1.54, 1.807) is 6.07 Å². The molecule has 0 fully saturated rings. The number of fused-ring (bicyclic) bond motifs is 1. The van der Waals surface area contributed by atoms with E-state index in [4.69, 9.17) is 0 Å². The lowest BCUT2D eigenvalue weighted by Crippen LogP contribution is -2.26. The van der Waals surface area contributed by atoms with Gasteiger partial charge in [0.25, 0.3) is 0 Å². The Morgan fingerprint density at radius 2 is 1.92 bits per heavy atom. The molecule has 0 spiro atoms. The van der Waals surface area contributed by atoms with Crippen molar-refractivity contribution in [2.45, 2.75) is 30.6 Å². The van der Waals surface area contributed by atoms with Gasteiger partial charge in [0.2, 0.25) is 10.0 Å². The summed E-state index contributed by atoms with van der Waals surface area (Å²) in [4.78, 5) is 2.73. The lowest BCUT2D eigenvalue weighted by atomic mass is 9.96. The minimum Gasteiger partial charge on any atom is -0.370 e. The average molecular weight is 344 g/mol. The van der Waals surface area contributed by atoms with Crippen LogP contribution in [0.2, 0.25) is 0 Å². The maximum absolute atomic E-state index is 12.0. The quantitative estimate of drug-likeness (QED) is 0.876. The van der Waals surface area contributed by atoms with Crippen LogP contribution in [0.1, 0.15) is 30.4 Å². The smallest absolute Gasteiger partial charge is 0.240 e. The SMILES string of the molecule is CCC(CN1CCc2cc(S(=O)(=O)NC)ccc21)c1ccccc1. The van der Waals surface area contributed by atoms with Gasteiger partial charge in [-0.15, -0.1) is 0 Å². The molecule has 0 saturated carbocycles. The van der Waals surface area contributed by atoms with Gasteiger partial charge in [-0.05, 0) is 49.2 Å². The van der Waals surface area contributed by atoms with E-state index in [0.29, 0.717) is 10.8 Å². The Kier molecular flexibility index (Phi) is 4.92. The van der Waals surface area contributed by atoms with Gasteiger partial charge in [-0.3, -0.25) is 0 Å². The van der Waals surface area contributed by atoms with E-state index in [9.17, 15) is 8.42 Å². The predicted octanol–water partition coefficient (Wildman–Crippen LogP) is 3.15. The number of anilines is 1. The molecule has 4 nitrogen and oxygen atoms in total. The van der Waals surface area contributed by atoms with Crippen LogP contribution in [-0.2, 0) is 16.4 Å². The molecule has 0 aliphatic carbocycles. The van der Waals surface area contributed by atoms with Crippen molar-refractivity contribution >= 4 is 15.7 Å². The second-order valence-electron chi connectivity index (χ2n) is 6.21. The summed E-state index contributed by atoms with van der Waals surface area (Å²) in [5.74, 6) is 0.484. The second kappa shape index (κ2) is 6.95. The third-order valence-electron chi connectivity index (χ3n) is 4.83. The Morgan fingerprint density at radius 3 is 2.58 bits per heavy atom. The Balaban J connectivity index is 1.82. The van der Waals surface area contributed by atoms with Crippen LogP contribution < -0.4 is 9.62 Å². The van der Waals surface area contributed by atoms with E-state index in [0.717, 1.165) is 31.5 Å². The zero-order valence-electron chi connectivity index (χ0n) is 14.2. The van der Waals surface area contributed by atoms with Gasteiger partial charge in [0.1, 0.15) is 0 Å². The van der Waals surface area contributed by atoms with Crippen LogP contribution >= 0.6 is 0 Å². The first kappa shape index (κ1) is 17.0. The third-order valence-corrected chi connectivity index (χ3v) is 6.24. The van der Waals surface area contributed by atoms with Crippen molar-refractivity contribution < 1.29 is 8.42 Å². The molecular weight excluding hydrogens is 320 g/mol. The molecule has 1 heterocycles. The fourth-order valence-electron chi connectivity index (χ4n) is 3.38. The first-order chi connectivity index (χ1) is 11.5. The number of benzene rings is 2. The topological polar surface area (TPSA) is 49.4 Å². The molecule has 1 N–H and O–H groups in total. The molecule has 3 rings (SSSR count). The van der Waals surface area contributed by atoms with Crippen LogP contribution in [0, 0.1) is 0 Å². The van der Waals surface area contributed by atoms with Gasteiger partial charge in [-0.2, -0.15) is 0 Å². The molecule has 5 heteroatoms. The largest absolute Gasteiger partial charge is 0.370 e. The number of sulfonamides is 1. The van der Waals surface area contributed by atoms with Crippen LogP contribution in [0.5, 0.6) is 0 Å². The first-order valence-corrected chi connectivity index (χ1v) is 9.90. The summed E-state index contributed by atoms with van der Waals surface area (Å²) in [5.41, 5.74) is 3.65. The van der Waals surface area contributed by atoms with E-state index >= 15 is 0 Å². The van der Waals surface area contributed by atoms with Crippen LogP contribution in [0.4, 0.5) is 5.69 Å². The molecule has 0 radical (unpaired) electrons. The van der Waals surface area contributed by atoms with Gasteiger partial charge in [-0.1, -0.05) is 37.3 Å². The standard InChI is InChI=1S/C19H24N2O2S/c1-3-15(16-7-5-4-6-8-16)14-21-12-11-17-13-18(9-10-19(17)21)24(22,23)20-2/h4-10,13,15,20H,3,11-12,14H2,1-2H3. The Hall–Kier alpha value is -1.85. The van der Waals surface area contributed by atoms with E-state index in [-0.39, 0.29) is 0 Å². The summed E-state index contributed by atoms with van der Waals surface area (Å²) in [6.07, 6.45) is 1.98. The molecule has 24 heavy (non-hydrogen) atoms. The van der Waals surface area contributed by atoms with Gasteiger partial charge in [0.05, 0.1) is 4.90 Å². The normalized spacial score (nSPS) is 15.3. The minimum atomic E-state index is -3.38. The number of hydrogen-bond acceptors (Lipinski definition) is 3. The summed E-state index contributed by atoms with van der Waals surface area (Å²) in [6.45, 7) is 4.13. The van der Waals surface area contributed by atoms with Crippen molar-refractivity contribution in [1.82, 2.24) is 4.72 Å². The zero-order valence-corrected chi connectivity index (χ0v) is 15.0. The van der Waals surface area contributed by atoms with Gasteiger partial charge >= 0.3 is 0 Å². The summed E-state index contributed by atoms with van der Waals surface area (Å²) in [5, 5.41) is 0. The molecular formula is C19H24N2O2S. The first-order valence-electron chi connectivity index (χ1n) is 8.41. The molecule has 0 amide bonds. The van der Waals surface area contributed by atoms with E-state index in [1.165, 1.54) is 18.3 Å². The van der Waals surface area contributed by atoms with Crippen molar-refractivity contribution in [1.29, 1.82) is 0 Å². The van der Waals surface area contributed by atoms with Crippen LogP contribution in [0.3, 0.4) is 0 Å². The molecule has 1 unspecified atom stereocenters. The van der Waals surface area contributed by atoms with Crippen molar-refractivity contribution in [2.75, 3.05) is 25.0 Å². The molecule has 0 aromatic heterocycles. The van der Waals surface area contributed by atoms with E-state index in [1.807, 2.05) is 18.2 Å². The maximum Gasteiger partial charge on any atom is 0.240 e. The van der Waals surface area contributed by atoms with Crippen molar-refractivity contribution in [2.24, 2.45) is 0 Å². The number of nitrogens with zero attached hydrogens (tertiary/aromatic N) is 1. The van der Waals surface area contributed by atoms with Gasteiger partial charge in [-0.25, -0.2) is 13.1 Å². The minimum absolute atomic E-state index is 0.348. The third kappa shape index (κ3) is 3.32. The number of nitrogens with one attached hydrogen (secondary N) is 1. The van der Waals surface area contributed by atoms with E-state index in [2.05, 4.69) is 40.8 Å². The molecule has 1 aliphatic rings.